The van der Waals surface area contributed by atoms with Crippen LogP contribution < -0.4 is 4.57 Å². The maximum absolute atomic E-state index is 2.34. The first-order valence-corrected chi connectivity index (χ1v) is 7.62. The summed E-state index contributed by atoms with van der Waals surface area (Å²) in [4.78, 5) is 0. The molecule has 0 bridgehead atoms. The van der Waals surface area contributed by atoms with Crippen LogP contribution in [0.1, 0.15) is 5.56 Å². The molecule has 0 atom stereocenters. The minimum absolute atomic E-state index is 0.930. The topological polar surface area (TPSA) is 3.88 Å². The third kappa shape index (κ3) is 1.89. The van der Waals surface area contributed by atoms with E-state index in [4.69, 9.17) is 0 Å². The molecule has 0 saturated heterocycles. The van der Waals surface area contributed by atoms with E-state index in [-0.39, 0.29) is 0 Å². The number of fused-ring (bicyclic) bond motifs is 3. The van der Waals surface area contributed by atoms with Gasteiger partial charge in [0.2, 0.25) is 11.0 Å². The number of nitrogens with zero attached hydrogens (tertiary/aromatic N) is 1. The van der Waals surface area contributed by atoms with E-state index >= 15 is 0 Å². The van der Waals surface area contributed by atoms with Crippen LogP contribution in [-0.4, -0.2) is 0 Å². The highest BCUT2D eigenvalue weighted by Gasteiger charge is 2.14. The largest absolute Gasteiger partial charge is 0.226 e. The molecule has 2 heteroatoms. The minimum atomic E-state index is 0.930. The van der Waals surface area contributed by atoms with Gasteiger partial charge in [0.15, 0.2) is 6.54 Å². The molecule has 96 valence electrons. The van der Waals surface area contributed by atoms with Crippen LogP contribution in [0.15, 0.2) is 72.2 Å². The van der Waals surface area contributed by atoms with Gasteiger partial charge in [-0.1, -0.05) is 65.9 Å². The van der Waals surface area contributed by atoms with Gasteiger partial charge in [0.25, 0.3) is 0 Å². The molecule has 1 nitrogen and oxygen atoms in total. The third-order valence-corrected chi connectivity index (χ3v) is 4.69. The third-order valence-electron chi connectivity index (χ3n) is 3.66. The number of thiazole rings is 1. The van der Waals surface area contributed by atoms with Crippen molar-refractivity contribution in [3.8, 4) is 0 Å². The van der Waals surface area contributed by atoms with Crippen LogP contribution in [-0.2, 0) is 6.54 Å². The maximum Gasteiger partial charge on any atom is 0.226 e. The van der Waals surface area contributed by atoms with Crippen molar-refractivity contribution in [1.82, 2.24) is 0 Å². The Morgan fingerprint density at radius 3 is 2.50 bits per heavy atom. The molecule has 0 unspecified atom stereocenters. The number of hydrogen-bond acceptors (Lipinski definition) is 1. The molecule has 0 fully saturated rings. The van der Waals surface area contributed by atoms with Crippen molar-refractivity contribution in [2.24, 2.45) is 0 Å². The Labute approximate surface area is 121 Å². The Balaban J connectivity index is 1.88. The molecule has 4 rings (SSSR count). The Morgan fingerprint density at radius 2 is 1.60 bits per heavy atom. The first-order valence-electron chi connectivity index (χ1n) is 6.74. The molecule has 0 saturated carbocycles. The second-order valence-corrected chi connectivity index (χ2v) is 5.83. The summed E-state index contributed by atoms with van der Waals surface area (Å²) in [6.07, 6.45) is 0. The monoisotopic (exact) mass is 276 g/mol. The molecule has 0 amide bonds. The molecule has 0 aliphatic rings. The van der Waals surface area contributed by atoms with E-state index in [0.29, 0.717) is 0 Å². The summed E-state index contributed by atoms with van der Waals surface area (Å²) >= 11 is 1.83. The first-order chi connectivity index (χ1) is 9.92. The number of hydrogen-bond donors (Lipinski definition) is 0. The van der Waals surface area contributed by atoms with E-state index in [1.807, 2.05) is 11.3 Å². The molecular weight excluding hydrogens is 262 g/mol. The van der Waals surface area contributed by atoms with Gasteiger partial charge in [-0.25, -0.2) is 0 Å². The van der Waals surface area contributed by atoms with Crippen LogP contribution >= 0.6 is 11.3 Å². The van der Waals surface area contributed by atoms with Gasteiger partial charge in [-0.3, -0.25) is 0 Å². The average molecular weight is 276 g/mol. The van der Waals surface area contributed by atoms with Gasteiger partial charge >= 0.3 is 0 Å². The average Bonchev–Trinajstić information content (AvgIpc) is 2.92. The van der Waals surface area contributed by atoms with E-state index in [1.54, 1.807) is 0 Å². The van der Waals surface area contributed by atoms with Crippen LogP contribution in [0.3, 0.4) is 0 Å². The van der Waals surface area contributed by atoms with Crippen molar-refractivity contribution in [2.75, 3.05) is 0 Å². The van der Waals surface area contributed by atoms with Crippen LogP contribution in [0.25, 0.3) is 21.0 Å². The van der Waals surface area contributed by atoms with E-state index in [2.05, 4.69) is 76.8 Å². The minimum Gasteiger partial charge on any atom is -0.184 e. The second-order valence-electron chi connectivity index (χ2n) is 4.97. The quantitative estimate of drug-likeness (QED) is 0.478. The molecule has 3 aromatic carbocycles. The normalized spacial score (nSPS) is 11.2. The van der Waals surface area contributed by atoms with Crippen LogP contribution in [0.4, 0.5) is 0 Å². The predicted molar refractivity (Wildman–Crippen MR) is 85.1 cm³/mol. The lowest BCUT2D eigenvalue weighted by molar-refractivity contribution is -0.658. The number of rotatable bonds is 2. The Hall–Kier alpha value is -2.19. The fraction of sp³-hybridized carbons (Fsp3) is 0.0556. The van der Waals surface area contributed by atoms with E-state index < -0.39 is 0 Å². The fourth-order valence-corrected chi connectivity index (χ4v) is 3.70. The maximum atomic E-state index is 2.34. The van der Waals surface area contributed by atoms with Gasteiger partial charge in [-0.15, -0.1) is 0 Å². The standard InChI is InChI=1S/C18H14NS/c1-2-6-14(7-3-1)12-19-13-20-18-16-9-5-4-8-15(16)10-11-17(18)19/h1-11,13H,12H2/q+1. The zero-order valence-corrected chi connectivity index (χ0v) is 11.8. The summed E-state index contributed by atoms with van der Waals surface area (Å²) in [7, 11) is 0. The lowest BCUT2D eigenvalue weighted by Crippen LogP contribution is -2.31. The van der Waals surface area contributed by atoms with Crippen molar-refractivity contribution >= 4 is 32.3 Å². The lowest BCUT2D eigenvalue weighted by atomic mass is 10.1. The molecule has 0 spiro atoms. The van der Waals surface area contributed by atoms with Crippen LogP contribution in [0.2, 0.25) is 0 Å². The Kier molecular flexibility index (Phi) is 2.75. The molecule has 0 aliphatic heterocycles. The van der Waals surface area contributed by atoms with Gasteiger partial charge < -0.3 is 0 Å². The van der Waals surface area contributed by atoms with Crippen LogP contribution in [0, 0.1) is 0 Å². The summed E-state index contributed by atoms with van der Waals surface area (Å²) in [5.41, 5.74) is 4.88. The summed E-state index contributed by atoms with van der Waals surface area (Å²) in [6, 6.07) is 23.7. The van der Waals surface area contributed by atoms with Gasteiger partial charge in [-0.05, 0) is 11.5 Å². The molecule has 0 N–H and O–H groups in total. The van der Waals surface area contributed by atoms with Crippen LogP contribution in [0.5, 0.6) is 0 Å². The van der Waals surface area contributed by atoms with Gasteiger partial charge in [-0.2, -0.15) is 4.57 Å². The Bertz CT molecular complexity index is 878. The van der Waals surface area contributed by atoms with Crippen molar-refractivity contribution in [3.05, 3.63) is 77.8 Å². The van der Waals surface area contributed by atoms with Crippen molar-refractivity contribution < 1.29 is 4.57 Å². The smallest absolute Gasteiger partial charge is 0.184 e. The molecule has 1 heterocycles. The molecule has 0 radical (unpaired) electrons. The zero-order chi connectivity index (χ0) is 13.4. The lowest BCUT2D eigenvalue weighted by Gasteiger charge is -1.98. The van der Waals surface area contributed by atoms with E-state index in [1.165, 1.54) is 26.6 Å². The highest BCUT2D eigenvalue weighted by Crippen LogP contribution is 2.27. The molecule has 1 aromatic heterocycles. The Morgan fingerprint density at radius 1 is 0.800 bits per heavy atom. The molecular formula is C18H14NS+. The highest BCUT2D eigenvalue weighted by atomic mass is 32.1. The van der Waals surface area contributed by atoms with Gasteiger partial charge in [0.05, 0.1) is 0 Å². The predicted octanol–water partition coefficient (Wildman–Crippen LogP) is 4.39. The molecule has 0 aliphatic carbocycles. The second kappa shape index (κ2) is 4.73. The zero-order valence-electron chi connectivity index (χ0n) is 11.0. The first kappa shape index (κ1) is 11.6. The SMILES string of the molecule is c1ccc(C[n+]2csc3c4ccccc4ccc32)cc1. The summed E-state index contributed by atoms with van der Waals surface area (Å²) < 4.78 is 3.71. The van der Waals surface area contributed by atoms with E-state index in [0.717, 1.165) is 6.54 Å². The van der Waals surface area contributed by atoms with Gasteiger partial charge in [0, 0.05) is 17.0 Å². The number of benzene rings is 3. The number of aromatic nitrogens is 1. The van der Waals surface area contributed by atoms with E-state index in [9.17, 15) is 0 Å². The summed E-state index contributed by atoms with van der Waals surface area (Å²) in [5, 5.41) is 2.66. The fourth-order valence-electron chi connectivity index (χ4n) is 2.66. The van der Waals surface area contributed by atoms with Crippen molar-refractivity contribution in [1.29, 1.82) is 0 Å². The summed E-state index contributed by atoms with van der Waals surface area (Å²) in [5.74, 6) is 0. The molecule has 20 heavy (non-hydrogen) atoms. The van der Waals surface area contributed by atoms with Crippen molar-refractivity contribution in [2.45, 2.75) is 6.54 Å². The van der Waals surface area contributed by atoms with Crippen molar-refractivity contribution in [3.63, 3.8) is 0 Å². The summed E-state index contributed by atoms with van der Waals surface area (Å²) in [6.45, 7) is 0.930. The highest BCUT2D eigenvalue weighted by molar-refractivity contribution is 7.17. The van der Waals surface area contributed by atoms with Gasteiger partial charge in [0.1, 0.15) is 4.70 Å². The molecule has 4 aromatic rings.